The molecule has 0 radical (unpaired) electrons. The van der Waals surface area contributed by atoms with Gasteiger partial charge in [0.05, 0.1) is 27.4 Å². The van der Waals surface area contributed by atoms with Crippen molar-refractivity contribution < 1.29 is 23.7 Å². The van der Waals surface area contributed by atoms with E-state index in [1.165, 1.54) is 5.56 Å². The summed E-state index contributed by atoms with van der Waals surface area (Å²) in [4.78, 5) is 15.0. The normalized spacial score (nSPS) is 19.9. The van der Waals surface area contributed by atoms with Gasteiger partial charge in [-0.15, -0.1) is 0 Å². The molecule has 3 heterocycles. The van der Waals surface area contributed by atoms with Crippen molar-refractivity contribution in [2.24, 2.45) is 0 Å². The molecule has 2 aromatic rings. The van der Waals surface area contributed by atoms with Crippen molar-refractivity contribution >= 4 is 11.6 Å². The van der Waals surface area contributed by atoms with Crippen molar-refractivity contribution in [2.45, 2.75) is 25.2 Å². The first-order valence-electron chi connectivity index (χ1n) is 10.3. The number of rotatable bonds is 3. The molecule has 6 nitrogen and oxygen atoms in total. The first kappa shape index (κ1) is 18.9. The maximum atomic E-state index is 13.1. The third kappa shape index (κ3) is 3.16. The summed E-state index contributed by atoms with van der Waals surface area (Å²) in [5.74, 6) is 3.09. The Balaban J connectivity index is 1.59. The Morgan fingerprint density at radius 3 is 2.60 bits per heavy atom. The fourth-order valence-electron chi connectivity index (χ4n) is 4.51. The second-order valence-corrected chi connectivity index (χ2v) is 7.77. The third-order valence-corrected chi connectivity index (χ3v) is 6.04. The highest BCUT2D eigenvalue weighted by atomic mass is 16.5. The lowest BCUT2D eigenvalue weighted by Crippen LogP contribution is -2.38. The van der Waals surface area contributed by atoms with Crippen molar-refractivity contribution in [1.82, 2.24) is 4.90 Å². The van der Waals surface area contributed by atoms with Gasteiger partial charge in [0.1, 0.15) is 11.5 Å². The van der Waals surface area contributed by atoms with E-state index >= 15 is 0 Å². The minimum atomic E-state index is -0.0634. The molecule has 1 amide bonds. The Bertz CT molecular complexity index is 1030. The van der Waals surface area contributed by atoms with Crippen LogP contribution in [0.4, 0.5) is 0 Å². The van der Waals surface area contributed by atoms with Gasteiger partial charge in [-0.2, -0.15) is 0 Å². The van der Waals surface area contributed by atoms with Gasteiger partial charge in [0.15, 0.2) is 11.5 Å². The highest BCUT2D eigenvalue weighted by Gasteiger charge is 2.34. The van der Waals surface area contributed by atoms with Crippen molar-refractivity contribution in [3.63, 3.8) is 0 Å². The first-order chi connectivity index (χ1) is 14.7. The molecule has 0 aliphatic carbocycles. The second kappa shape index (κ2) is 7.59. The molecule has 3 aliphatic heterocycles. The zero-order chi connectivity index (χ0) is 20.7. The summed E-state index contributed by atoms with van der Waals surface area (Å²) in [7, 11) is 3.27. The number of hydrogen-bond donors (Lipinski definition) is 0. The van der Waals surface area contributed by atoms with Crippen LogP contribution < -0.4 is 18.9 Å². The zero-order valence-corrected chi connectivity index (χ0v) is 17.3. The Morgan fingerprint density at radius 1 is 1.03 bits per heavy atom. The highest BCUT2D eigenvalue weighted by Crippen LogP contribution is 2.44. The molecule has 1 atom stereocenters. The average molecular weight is 407 g/mol. The number of carbonyl (C=O) groups is 1. The SMILES string of the molecule is COc1ccc([C@@H]2C=C3c4cc5c(cc4CCN3C(=O)C2)OCCCO5)c(OC)c1. The van der Waals surface area contributed by atoms with E-state index in [-0.39, 0.29) is 11.8 Å². The average Bonchev–Trinajstić information content (AvgIpc) is 3.01. The molecular weight excluding hydrogens is 382 g/mol. The van der Waals surface area contributed by atoms with Crippen molar-refractivity contribution in [1.29, 1.82) is 0 Å². The molecule has 0 N–H and O–H groups in total. The van der Waals surface area contributed by atoms with Crippen molar-refractivity contribution in [3.05, 3.63) is 53.1 Å². The molecule has 0 unspecified atom stereocenters. The molecule has 2 aromatic carbocycles. The van der Waals surface area contributed by atoms with E-state index in [0.717, 1.165) is 52.7 Å². The smallest absolute Gasteiger partial charge is 0.227 e. The molecule has 30 heavy (non-hydrogen) atoms. The standard InChI is InChI=1S/C24H25NO5/c1-27-17-4-5-18(21(13-17)28-2)16-10-20-19-14-23-22(29-8-3-9-30-23)11-15(19)6-7-25(20)24(26)12-16/h4-5,10-11,13-14,16H,3,6-9,12H2,1-2H3/t16-/m1/s1. The number of fused-ring (bicyclic) bond motifs is 4. The summed E-state index contributed by atoms with van der Waals surface area (Å²) in [5, 5.41) is 0. The van der Waals surface area contributed by atoms with E-state index in [2.05, 4.69) is 12.1 Å². The van der Waals surface area contributed by atoms with Crippen LogP contribution in [0, 0.1) is 0 Å². The molecule has 3 aliphatic rings. The molecule has 0 saturated heterocycles. The summed E-state index contributed by atoms with van der Waals surface area (Å²) in [5.41, 5.74) is 4.18. The quantitative estimate of drug-likeness (QED) is 0.775. The fourth-order valence-corrected chi connectivity index (χ4v) is 4.51. The van der Waals surface area contributed by atoms with Crippen LogP contribution in [0.3, 0.4) is 0 Å². The maximum Gasteiger partial charge on any atom is 0.227 e. The van der Waals surface area contributed by atoms with Crippen molar-refractivity contribution in [2.75, 3.05) is 34.0 Å². The van der Waals surface area contributed by atoms with Gasteiger partial charge in [0, 0.05) is 48.2 Å². The van der Waals surface area contributed by atoms with E-state index in [1.807, 2.05) is 29.2 Å². The van der Waals surface area contributed by atoms with Crippen LogP contribution >= 0.6 is 0 Å². The molecule has 0 spiro atoms. The lowest BCUT2D eigenvalue weighted by Gasteiger charge is -2.37. The Hall–Kier alpha value is -3.15. The minimum Gasteiger partial charge on any atom is -0.497 e. The Kier molecular flexibility index (Phi) is 4.77. The zero-order valence-electron chi connectivity index (χ0n) is 17.3. The van der Waals surface area contributed by atoms with E-state index in [4.69, 9.17) is 18.9 Å². The second-order valence-electron chi connectivity index (χ2n) is 7.77. The molecule has 0 saturated carbocycles. The number of hydrogen-bond acceptors (Lipinski definition) is 5. The summed E-state index contributed by atoms with van der Waals surface area (Å²) < 4.78 is 22.7. The first-order valence-corrected chi connectivity index (χ1v) is 10.3. The summed E-state index contributed by atoms with van der Waals surface area (Å²) >= 11 is 0. The molecule has 156 valence electrons. The van der Waals surface area contributed by atoms with Gasteiger partial charge in [0.2, 0.25) is 5.91 Å². The number of allylic oxidation sites excluding steroid dienone is 1. The number of ether oxygens (including phenoxy) is 4. The van der Waals surface area contributed by atoms with E-state index in [1.54, 1.807) is 14.2 Å². The van der Waals surface area contributed by atoms with Gasteiger partial charge >= 0.3 is 0 Å². The monoisotopic (exact) mass is 407 g/mol. The van der Waals surface area contributed by atoms with E-state index in [9.17, 15) is 4.79 Å². The summed E-state index contributed by atoms with van der Waals surface area (Å²) in [6, 6.07) is 9.88. The Morgan fingerprint density at radius 2 is 1.83 bits per heavy atom. The summed E-state index contributed by atoms with van der Waals surface area (Å²) in [6.07, 6.45) is 4.29. The molecule has 0 bridgehead atoms. The number of carbonyl (C=O) groups excluding carboxylic acids is 1. The largest absolute Gasteiger partial charge is 0.497 e. The third-order valence-electron chi connectivity index (χ3n) is 6.04. The van der Waals surface area contributed by atoms with Crippen LogP contribution in [0.1, 0.15) is 35.4 Å². The predicted octanol–water partition coefficient (Wildman–Crippen LogP) is 3.78. The molecule has 0 fully saturated rings. The highest BCUT2D eigenvalue weighted by molar-refractivity contribution is 5.92. The number of benzene rings is 2. The van der Waals surface area contributed by atoms with Crippen molar-refractivity contribution in [3.8, 4) is 23.0 Å². The predicted molar refractivity (Wildman–Crippen MR) is 112 cm³/mol. The van der Waals surface area contributed by atoms with Gasteiger partial charge < -0.3 is 23.8 Å². The van der Waals surface area contributed by atoms with Gasteiger partial charge in [-0.3, -0.25) is 4.79 Å². The maximum absolute atomic E-state index is 13.1. The fraction of sp³-hybridized carbons (Fsp3) is 0.375. The van der Waals surface area contributed by atoms with Gasteiger partial charge in [-0.25, -0.2) is 0 Å². The molecule has 6 heteroatoms. The van der Waals surface area contributed by atoms with Crippen LogP contribution in [-0.2, 0) is 11.2 Å². The van der Waals surface area contributed by atoms with Crippen LogP contribution in [0.25, 0.3) is 5.70 Å². The van der Waals surface area contributed by atoms with Crippen LogP contribution in [-0.4, -0.2) is 44.8 Å². The minimum absolute atomic E-state index is 0.0634. The number of nitrogens with zero attached hydrogens (tertiary/aromatic N) is 1. The number of amides is 1. The van der Waals surface area contributed by atoms with E-state index in [0.29, 0.717) is 26.2 Å². The van der Waals surface area contributed by atoms with Gasteiger partial charge in [0.25, 0.3) is 0 Å². The van der Waals surface area contributed by atoms with E-state index < -0.39 is 0 Å². The number of methoxy groups -OCH3 is 2. The summed E-state index contributed by atoms with van der Waals surface area (Å²) in [6.45, 7) is 1.99. The van der Waals surface area contributed by atoms with Gasteiger partial charge in [-0.05, 0) is 30.2 Å². The molecule has 0 aromatic heterocycles. The lowest BCUT2D eigenvalue weighted by molar-refractivity contribution is -0.128. The molecular formula is C24H25NO5. The molecule has 5 rings (SSSR count). The lowest BCUT2D eigenvalue weighted by atomic mass is 9.85. The Labute approximate surface area is 176 Å². The van der Waals surface area contributed by atoms with Gasteiger partial charge in [-0.1, -0.05) is 12.1 Å². The van der Waals surface area contributed by atoms with Crippen LogP contribution in [0.2, 0.25) is 0 Å². The topological polar surface area (TPSA) is 57.2 Å². The van der Waals surface area contributed by atoms with Crippen LogP contribution in [0.5, 0.6) is 23.0 Å². The van der Waals surface area contributed by atoms with Crippen LogP contribution in [0.15, 0.2) is 36.4 Å².